The lowest BCUT2D eigenvalue weighted by Crippen LogP contribution is -2.41. The fourth-order valence-electron chi connectivity index (χ4n) is 1.12. The van der Waals surface area contributed by atoms with Gasteiger partial charge in [0, 0.05) is 6.42 Å². The minimum atomic E-state index is -1.34. The zero-order valence-electron chi connectivity index (χ0n) is 7.43. The molecule has 1 atom stereocenters. The van der Waals surface area contributed by atoms with E-state index in [1.54, 1.807) is 30.3 Å². The van der Waals surface area contributed by atoms with E-state index in [-0.39, 0.29) is 11.7 Å². The molecule has 0 heterocycles. The minimum absolute atomic E-state index is 0.0448. The number of hydrogen-bond acceptors (Lipinski definition) is 3. The van der Waals surface area contributed by atoms with Gasteiger partial charge in [-0.2, -0.15) is 0 Å². The molecule has 1 rings (SSSR count). The number of nitrogens with two attached hydrogens (primary N) is 1. The Kier molecular flexibility index (Phi) is 3.55. The fraction of sp³-hybridized carbons (Fsp3) is 0.222. The number of nitrogens with zero attached hydrogens (tertiary/aromatic N) is 1. The number of aliphatic carboxylic acids is 1. The van der Waals surface area contributed by atoms with Gasteiger partial charge in [0.2, 0.25) is 0 Å². The normalized spacial score (nSPS) is 12.8. The smallest absolute Gasteiger partial charge is 0.325 e. The van der Waals surface area contributed by atoms with Crippen LogP contribution in [-0.2, 0) is 11.2 Å². The van der Waals surface area contributed by atoms with E-state index < -0.39 is 12.0 Å². The molecular formula is C9H11FN2O2. The van der Waals surface area contributed by atoms with Crippen LogP contribution in [0.2, 0.25) is 0 Å². The van der Waals surface area contributed by atoms with Gasteiger partial charge in [0.15, 0.2) is 6.04 Å². The molecule has 0 aliphatic carbocycles. The molecule has 76 valence electrons. The maximum atomic E-state index is 12.5. The first-order valence-corrected chi connectivity index (χ1v) is 4.07. The Balaban J connectivity index is 2.70. The predicted molar refractivity (Wildman–Crippen MR) is 48.7 cm³/mol. The van der Waals surface area contributed by atoms with Crippen molar-refractivity contribution in [1.82, 2.24) is 5.23 Å². The molecule has 14 heavy (non-hydrogen) atoms. The molecule has 0 aliphatic rings. The third-order valence-corrected chi connectivity index (χ3v) is 1.85. The minimum Gasteiger partial charge on any atom is -0.480 e. The highest BCUT2D eigenvalue weighted by Gasteiger charge is 2.23. The monoisotopic (exact) mass is 198 g/mol. The quantitative estimate of drug-likeness (QED) is 0.425. The Morgan fingerprint density at radius 1 is 1.50 bits per heavy atom. The number of rotatable bonds is 4. The lowest BCUT2D eigenvalue weighted by Gasteiger charge is -2.14. The third-order valence-electron chi connectivity index (χ3n) is 1.85. The molecule has 5 heteroatoms. The van der Waals surface area contributed by atoms with Crippen LogP contribution in [-0.4, -0.2) is 22.3 Å². The molecule has 0 unspecified atom stereocenters. The summed E-state index contributed by atoms with van der Waals surface area (Å²) in [5, 5.41) is 8.36. The number of carbonyl (C=O) groups is 1. The first-order chi connectivity index (χ1) is 6.61. The number of halogens is 1. The topological polar surface area (TPSA) is 66.6 Å². The van der Waals surface area contributed by atoms with Crippen LogP contribution >= 0.6 is 0 Å². The number of carboxylic acids is 1. The van der Waals surface area contributed by atoms with E-state index in [4.69, 9.17) is 10.9 Å². The van der Waals surface area contributed by atoms with Crippen LogP contribution in [0.25, 0.3) is 0 Å². The SMILES string of the molecule is NN(F)[C@@H](Cc1ccccc1)C(=O)O. The van der Waals surface area contributed by atoms with E-state index in [1.807, 2.05) is 0 Å². The summed E-state index contributed by atoms with van der Waals surface area (Å²) >= 11 is 0. The van der Waals surface area contributed by atoms with Gasteiger partial charge in [0.05, 0.1) is 0 Å². The van der Waals surface area contributed by atoms with Crippen molar-refractivity contribution in [1.29, 1.82) is 0 Å². The van der Waals surface area contributed by atoms with Gasteiger partial charge in [-0.05, 0) is 5.56 Å². The van der Waals surface area contributed by atoms with Crippen molar-refractivity contribution in [2.24, 2.45) is 5.84 Å². The molecular weight excluding hydrogens is 187 g/mol. The van der Waals surface area contributed by atoms with E-state index in [0.717, 1.165) is 5.56 Å². The molecule has 0 saturated heterocycles. The number of benzene rings is 1. The molecule has 0 fully saturated rings. The first kappa shape index (κ1) is 10.6. The van der Waals surface area contributed by atoms with Gasteiger partial charge in [-0.1, -0.05) is 35.6 Å². The van der Waals surface area contributed by atoms with E-state index >= 15 is 0 Å². The van der Waals surface area contributed by atoms with Gasteiger partial charge < -0.3 is 5.11 Å². The maximum absolute atomic E-state index is 12.5. The second kappa shape index (κ2) is 4.69. The van der Waals surface area contributed by atoms with Crippen molar-refractivity contribution >= 4 is 5.97 Å². The van der Waals surface area contributed by atoms with Crippen molar-refractivity contribution < 1.29 is 14.4 Å². The predicted octanol–water partition coefficient (Wildman–Crippen LogP) is 0.743. The van der Waals surface area contributed by atoms with Gasteiger partial charge in [0.1, 0.15) is 0 Å². The number of carboxylic acid groups (broad SMARTS) is 1. The summed E-state index contributed by atoms with van der Waals surface area (Å²) in [6.45, 7) is 0. The summed E-state index contributed by atoms with van der Waals surface area (Å²) in [4.78, 5) is 10.6. The molecule has 4 nitrogen and oxygen atoms in total. The molecule has 0 aliphatic heterocycles. The van der Waals surface area contributed by atoms with Crippen LogP contribution in [0.15, 0.2) is 30.3 Å². The van der Waals surface area contributed by atoms with Crippen LogP contribution in [0.1, 0.15) is 5.56 Å². The molecule has 0 saturated carbocycles. The number of hydrazine groups is 1. The molecule has 0 bridgehead atoms. The summed E-state index contributed by atoms with van der Waals surface area (Å²) in [5.41, 5.74) is 0.730. The van der Waals surface area contributed by atoms with Gasteiger partial charge in [-0.3, -0.25) is 4.79 Å². The molecule has 0 radical (unpaired) electrons. The molecule has 1 aromatic rings. The molecule has 0 spiro atoms. The Labute approximate surface area is 80.7 Å². The van der Waals surface area contributed by atoms with Crippen molar-refractivity contribution in [2.45, 2.75) is 12.5 Å². The summed E-state index contributed by atoms with van der Waals surface area (Å²) < 4.78 is 12.5. The molecule has 0 aromatic heterocycles. The van der Waals surface area contributed by atoms with Gasteiger partial charge in [-0.15, -0.1) is 4.48 Å². The van der Waals surface area contributed by atoms with Crippen molar-refractivity contribution in [3.63, 3.8) is 0 Å². The largest absolute Gasteiger partial charge is 0.480 e. The Morgan fingerprint density at radius 2 is 2.07 bits per heavy atom. The summed E-state index contributed by atoms with van der Waals surface area (Å²) in [6.07, 6.45) is 0.0448. The fourth-order valence-corrected chi connectivity index (χ4v) is 1.12. The first-order valence-electron chi connectivity index (χ1n) is 4.07. The average Bonchev–Trinajstić information content (AvgIpc) is 2.15. The second-order valence-corrected chi connectivity index (χ2v) is 2.89. The van der Waals surface area contributed by atoms with Crippen LogP contribution < -0.4 is 5.84 Å². The van der Waals surface area contributed by atoms with Gasteiger partial charge in [-0.25, -0.2) is 5.84 Å². The highest BCUT2D eigenvalue weighted by atomic mass is 19.2. The highest BCUT2D eigenvalue weighted by Crippen LogP contribution is 2.06. The summed E-state index contributed by atoms with van der Waals surface area (Å²) in [6, 6.07) is 7.42. The Bertz CT molecular complexity index is 303. The lowest BCUT2D eigenvalue weighted by molar-refractivity contribution is -0.151. The zero-order valence-corrected chi connectivity index (χ0v) is 7.43. The zero-order chi connectivity index (χ0) is 10.6. The van der Waals surface area contributed by atoms with Crippen LogP contribution in [0.3, 0.4) is 0 Å². The van der Waals surface area contributed by atoms with Crippen molar-refractivity contribution in [3.8, 4) is 0 Å². The summed E-state index contributed by atoms with van der Waals surface area (Å²) in [7, 11) is 0. The average molecular weight is 198 g/mol. The van der Waals surface area contributed by atoms with E-state index in [9.17, 15) is 9.28 Å². The van der Waals surface area contributed by atoms with E-state index in [0.29, 0.717) is 0 Å². The van der Waals surface area contributed by atoms with E-state index in [1.165, 1.54) is 0 Å². The maximum Gasteiger partial charge on any atom is 0.325 e. The van der Waals surface area contributed by atoms with Gasteiger partial charge in [0.25, 0.3) is 0 Å². The van der Waals surface area contributed by atoms with Gasteiger partial charge >= 0.3 is 5.97 Å². The third kappa shape index (κ3) is 2.79. The Hall–Kier alpha value is -1.46. The van der Waals surface area contributed by atoms with Crippen LogP contribution in [0.5, 0.6) is 0 Å². The highest BCUT2D eigenvalue weighted by molar-refractivity contribution is 5.73. The summed E-state index contributed by atoms with van der Waals surface area (Å²) in [5.74, 6) is 3.49. The molecule has 3 N–H and O–H groups in total. The molecule has 0 amide bonds. The van der Waals surface area contributed by atoms with Crippen LogP contribution in [0, 0.1) is 0 Å². The second-order valence-electron chi connectivity index (χ2n) is 2.89. The van der Waals surface area contributed by atoms with Crippen molar-refractivity contribution in [2.75, 3.05) is 0 Å². The van der Waals surface area contributed by atoms with E-state index in [2.05, 4.69) is 0 Å². The molecule has 1 aromatic carbocycles. The Morgan fingerprint density at radius 3 is 2.50 bits per heavy atom. The van der Waals surface area contributed by atoms with Crippen LogP contribution in [0.4, 0.5) is 4.48 Å². The lowest BCUT2D eigenvalue weighted by atomic mass is 10.1. The number of hydrogen-bond donors (Lipinski definition) is 2. The standard InChI is InChI=1S/C9H11FN2O2/c10-12(11)8(9(13)14)6-7-4-2-1-3-5-7/h1-5,8H,6,11H2,(H,13,14)/t8-/m0/s1. The van der Waals surface area contributed by atoms with Crippen molar-refractivity contribution in [3.05, 3.63) is 35.9 Å².